The molecule has 0 radical (unpaired) electrons. The summed E-state index contributed by atoms with van der Waals surface area (Å²) in [6, 6.07) is 0.572. The van der Waals surface area contributed by atoms with E-state index in [4.69, 9.17) is 16.7 Å². The molecule has 1 saturated heterocycles. The summed E-state index contributed by atoms with van der Waals surface area (Å²) in [5, 5.41) is 11.5. The van der Waals surface area contributed by atoms with Crippen LogP contribution in [0.4, 0.5) is 8.78 Å². The molecule has 0 bridgehead atoms. The number of nitrogens with one attached hydrogen (secondary N) is 1. The Morgan fingerprint density at radius 3 is 2.72 bits per heavy atom. The van der Waals surface area contributed by atoms with E-state index in [2.05, 4.69) is 5.32 Å². The summed E-state index contributed by atoms with van der Waals surface area (Å²) < 4.78 is 27.8. The second-order valence-corrected chi connectivity index (χ2v) is 4.86. The maximum atomic E-state index is 13.9. The van der Waals surface area contributed by atoms with E-state index in [1.165, 1.54) is 13.0 Å². The van der Waals surface area contributed by atoms with Crippen LogP contribution in [0.15, 0.2) is 6.07 Å². The van der Waals surface area contributed by atoms with Crippen LogP contribution in [-0.4, -0.2) is 17.6 Å². The average Bonchev–Trinajstić information content (AvgIpc) is 2.76. The topological polar surface area (TPSA) is 49.3 Å². The minimum atomic E-state index is -0.968. The molecule has 0 saturated carbocycles. The van der Waals surface area contributed by atoms with Gasteiger partial charge < -0.3 is 10.4 Å². The number of hydrogen-bond donors (Lipinski definition) is 2. The van der Waals surface area contributed by atoms with E-state index in [0.717, 1.165) is 0 Å². The highest BCUT2D eigenvalue weighted by Gasteiger charge is 2.34. The number of aryl methyl sites for hydroxylation is 1. The second kappa shape index (κ2) is 4.82. The molecule has 1 heterocycles. The number of carbonyl (C=O) groups is 1. The molecular formula is C12H12ClF2NO2. The lowest BCUT2D eigenvalue weighted by Crippen LogP contribution is -2.18. The first-order valence-electron chi connectivity index (χ1n) is 5.52. The van der Waals surface area contributed by atoms with E-state index < -0.39 is 29.6 Å². The average molecular weight is 276 g/mol. The summed E-state index contributed by atoms with van der Waals surface area (Å²) >= 11 is 5.68. The van der Waals surface area contributed by atoms with E-state index in [0.29, 0.717) is 0 Å². The zero-order chi connectivity index (χ0) is 13.4. The number of carboxylic acid groups (broad SMARTS) is 1. The van der Waals surface area contributed by atoms with Crippen LogP contribution < -0.4 is 5.32 Å². The smallest absolute Gasteiger partial charge is 0.307 e. The molecule has 1 aliphatic rings. The third kappa shape index (κ3) is 2.20. The zero-order valence-corrected chi connectivity index (χ0v) is 10.4. The Labute approximate surface area is 108 Å². The summed E-state index contributed by atoms with van der Waals surface area (Å²) in [6.07, 6.45) is 0.156. The van der Waals surface area contributed by atoms with E-state index in [9.17, 15) is 13.6 Å². The van der Waals surface area contributed by atoms with Gasteiger partial charge in [0, 0.05) is 18.2 Å². The van der Waals surface area contributed by atoms with Gasteiger partial charge in [0.05, 0.1) is 10.9 Å². The van der Waals surface area contributed by atoms with Crippen LogP contribution in [-0.2, 0) is 4.79 Å². The lowest BCUT2D eigenvalue weighted by Gasteiger charge is -2.15. The van der Waals surface area contributed by atoms with Gasteiger partial charge in [0.1, 0.15) is 11.6 Å². The van der Waals surface area contributed by atoms with Crippen molar-refractivity contribution in [3.63, 3.8) is 0 Å². The number of halogens is 3. The zero-order valence-electron chi connectivity index (χ0n) is 9.64. The van der Waals surface area contributed by atoms with Crippen molar-refractivity contribution in [2.75, 3.05) is 6.54 Å². The van der Waals surface area contributed by atoms with Gasteiger partial charge in [-0.2, -0.15) is 0 Å². The van der Waals surface area contributed by atoms with Crippen molar-refractivity contribution in [2.45, 2.75) is 19.4 Å². The van der Waals surface area contributed by atoms with Crippen molar-refractivity contribution >= 4 is 17.6 Å². The van der Waals surface area contributed by atoms with Crippen molar-refractivity contribution in [1.82, 2.24) is 5.32 Å². The van der Waals surface area contributed by atoms with E-state index in [1.807, 2.05) is 0 Å². The molecule has 1 fully saturated rings. The molecule has 0 spiro atoms. The van der Waals surface area contributed by atoms with Crippen LogP contribution in [0.3, 0.4) is 0 Å². The van der Waals surface area contributed by atoms with Gasteiger partial charge in [-0.05, 0) is 25.0 Å². The molecule has 2 unspecified atom stereocenters. The van der Waals surface area contributed by atoms with E-state index in [1.54, 1.807) is 0 Å². The molecule has 2 N–H and O–H groups in total. The van der Waals surface area contributed by atoms with Gasteiger partial charge in [0.2, 0.25) is 0 Å². The molecule has 98 valence electrons. The highest BCUT2D eigenvalue weighted by atomic mass is 35.5. The van der Waals surface area contributed by atoms with Gasteiger partial charge in [-0.25, -0.2) is 8.78 Å². The first-order chi connectivity index (χ1) is 8.41. The van der Waals surface area contributed by atoms with Crippen LogP contribution >= 0.6 is 11.6 Å². The lowest BCUT2D eigenvalue weighted by molar-refractivity contribution is -0.141. The molecule has 0 aromatic heterocycles. The molecule has 1 aromatic carbocycles. The summed E-state index contributed by atoms with van der Waals surface area (Å²) in [4.78, 5) is 10.8. The van der Waals surface area contributed by atoms with Gasteiger partial charge in [0.25, 0.3) is 0 Å². The Morgan fingerprint density at radius 2 is 2.17 bits per heavy atom. The molecule has 2 rings (SSSR count). The Bertz CT molecular complexity index is 481. The monoisotopic (exact) mass is 275 g/mol. The minimum absolute atomic E-state index is 0.149. The van der Waals surface area contributed by atoms with Gasteiger partial charge in [-0.15, -0.1) is 0 Å². The molecule has 0 amide bonds. The third-order valence-corrected chi connectivity index (χ3v) is 3.48. The van der Waals surface area contributed by atoms with Crippen LogP contribution in [0, 0.1) is 24.5 Å². The first kappa shape index (κ1) is 13.2. The Morgan fingerprint density at radius 1 is 1.50 bits per heavy atom. The number of rotatable bonds is 2. The number of benzene rings is 1. The molecule has 1 aromatic rings. The molecule has 18 heavy (non-hydrogen) atoms. The van der Waals surface area contributed by atoms with E-state index >= 15 is 0 Å². The normalized spacial score (nSPS) is 23.3. The standard InChI is InChI=1S/C12H12ClF2NO2/c1-5-2-7(13)11(15)9(10(5)14)8-3-6(4-16-8)12(17)18/h2,6,8,16H,3-4H2,1H3,(H,17,18). The molecule has 2 atom stereocenters. The maximum Gasteiger partial charge on any atom is 0.307 e. The van der Waals surface area contributed by atoms with Gasteiger partial charge in [-0.3, -0.25) is 4.79 Å². The SMILES string of the molecule is Cc1cc(Cl)c(F)c(C2CC(C(=O)O)CN2)c1F. The predicted molar refractivity (Wildman–Crippen MR) is 62.6 cm³/mol. The lowest BCUT2D eigenvalue weighted by atomic mass is 9.97. The first-order valence-corrected chi connectivity index (χ1v) is 5.89. The molecular weight excluding hydrogens is 264 g/mol. The third-order valence-electron chi connectivity index (χ3n) is 3.20. The molecule has 6 heteroatoms. The van der Waals surface area contributed by atoms with Gasteiger partial charge in [-0.1, -0.05) is 11.6 Å². The van der Waals surface area contributed by atoms with E-state index in [-0.39, 0.29) is 29.1 Å². The minimum Gasteiger partial charge on any atom is -0.481 e. The number of carboxylic acids is 1. The largest absolute Gasteiger partial charge is 0.481 e. The Hall–Kier alpha value is -1.20. The number of hydrogen-bond acceptors (Lipinski definition) is 2. The quantitative estimate of drug-likeness (QED) is 0.816. The summed E-state index contributed by atoms with van der Waals surface area (Å²) in [5.41, 5.74) is 0.0840. The summed E-state index contributed by atoms with van der Waals surface area (Å²) in [6.45, 7) is 1.69. The van der Waals surface area contributed by atoms with Gasteiger partial charge >= 0.3 is 5.97 Å². The van der Waals surface area contributed by atoms with Crippen molar-refractivity contribution in [1.29, 1.82) is 0 Å². The van der Waals surface area contributed by atoms with Gasteiger partial charge in [0.15, 0.2) is 0 Å². The highest BCUT2D eigenvalue weighted by Crippen LogP contribution is 2.34. The summed E-state index contributed by atoms with van der Waals surface area (Å²) in [5.74, 6) is -3.08. The van der Waals surface area contributed by atoms with Crippen molar-refractivity contribution < 1.29 is 18.7 Å². The fourth-order valence-corrected chi connectivity index (χ4v) is 2.47. The fourth-order valence-electron chi connectivity index (χ4n) is 2.20. The Kier molecular flexibility index (Phi) is 3.54. The van der Waals surface area contributed by atoms with Crippen LogP contribution in [0.1, 0.15) is 23.6 Å². The number of aliphatic carboxylic acids is 1. The molecule has 3 nitrogen and oxygen atoms in total. The maximum absolute atomic E-state index is 13.9. The predicted octanol–water partition coefficient (Wildman–Crippen LogP) is 2.66. The highest BCUT2D eigenvalue weighted by molar-refractivity contribution is 6.30. The molecule has 0 aliphatic carbocycles. The van der Waals surface area contributed by atoms with Crippen molar-refractivity contribution in [3.8, 4) is 0 Å². The fraction of sp³-hybridized carbons (Fsp3) is 0.417. The second-order valence-electron chi connectivity index (χ2n) is 4.45. The Balaban J connectivity index is 2.38. The van der Waals surface area contributed by atoms with Crippen LogP contribution in [0.2, 0.25) is 5.02 Å². The van der Waals surface area contributed by atoms with Crippen LogP contribution in [0.5, 0.6) is 0 Å². The molecule has 1 aliphatic heterocycles. The van der Waals surface area contributed by atoms with Crippen molar-refractivity contribution in [2.24, 2.45) is 5.92 Å². The van der Waals surface area contributed by atoms with Crippen LogP contribution in [0.25, 0.3) is 0 Å². The summed E-state index contributed by atoms with van der Waals surface area (Å²) in [7, 11) is 0. The van der Waals surface area contributed by atoms with Crippen molar-refractivity contribution in [3.05, 3.63) is 33.9 Å².